The molecule has 0 fully saturated rings. The first-order valence-electron chi connectivity index (χ1n) is 2.99. The van der Waals surface area contributed by atoms with Crippen LogP contribution >= 0.6 is 0 Å². The van der Waals surface area contributed by atoms with Gasteiger partial charge in [-0.2, -0.15) is 0 Å². The number of hydrogen-bond donors (Lipinski definition) is 3. The van der Waals surface area contributed by atoms with Crippen molar-refractivity contribution in [3.05, 3.63) is 0 Å². The van der Waals surface area contributed by atoms with Crippen molar-refractivity contribution in [3.63, 3.8) is 0 Å². The van der Waals surface area contributed by atoms with Gasteiger partial charge in [-0.05, 0) is 6.92 Å². The normalized spacial score (nSPS) is 14.9. The summed E-state index contributed by atoms with van der Waals surface area (Å²) in [6, 6.07) is 0.0426. The number of nitrogens with two attached hydrogens (primary N) is 2. The van der Waals surface area contributed by atoms with E-state index in [0.29, 0.717) is 6.61 Å². The standard InChI is InChI=1S/C5H14N4O/c1-4(3-10-2)8-5(6)9-7/h4H,3,7H2,1-2H3,(H3,6,8,9). The number of nitrogens with one attached hydrogen (secondary N) is 1. The Kier molecular flexibility index (Phi) is 4.61. The zero-order valence-corrected chi connectivity index (χ0v) is 6.29. The molecule has 0 bridgehead atoms. The fourth-order valence-electron chi connectivity index (χ4n) is 0.553. The van der Waals surface area contributed by atoms with Gasteiger partial charge in [0.25, 0.3) is 0 Å². The molecule has 0 amide bonds. The van der Waals surface area contributed by atoms with Crippen LogP contribution in [0.2, 0.25) is 0 Å². The van der Waals surface area contributed by atoms with E-state index in [1.807, 2.05) is 6.92 Å². The van der Waals surface area contributed by atoms with Crippen molar-refractivity contribution in [2.45, 2.75) is 13.0 Å². The summed E-state index contributed by atoms with van der Waals surface area (Å²) in [6.07, 6.45) is 0. The van der Waals surface area contributed by atoms with Crippen LogP contribution in [0.15, 0.2) is 4.99 Å². The minimum Gasteiger partial charge on any atom is -0.382 e. The van der Waals surface area contributed by atoms with Gasteiger partial charge < -0.3 is 10.5 Å². The third-order valence-corrected chi connectivity index (χ3v) is 0.915. The SMILES string of the molecule is COCC(C)N=C(N)NN. The maximum absolute atomic E-state index is 5.26. The Balaban J connectivity index is 3.62. The van der Waals surface area contributed by atoms with Gasteiger partial charge in [0.2, 0.25) is 5.96 Å². The molecule has 0 radical (unpaired) electrons. The van der Waals surface area contributed by atoms with Crippen molar-refractivity contribution in [2.75, 3.05) is 13.7 Å². The molecule has 0 saturated heterocycles. The average molecular weight is 146 g/mol. The lowest BCUT2D eigenvalue weighted by Gasteiger charge is -2.05. The summed E-state index contributed by atoms with van der Waals surface area (Å²) in [4.78, 5) is 3.92. The highest BCUT2D eigenvalue weighted by Crippen LogP contribution is 1.87. The highest BCUT2D eigenvalue weighted by atomic mass is 16.5. The summed E-state index contributed by atoms with van der Waals surface area (Å²) < 4.78 is 4.82. The smallest absolute Gasteiger partial charge is 0.203 e. The number of guanidine groups is 1. The molecule has 5 N–H and O–H groups in total. The van der Waals surface area contributed by atoms with Gasteiger partial charge in [-0.25, -0.2) is 10.8 Å². The first kappa shape index (κ1) is 9.19. The summed E-state index contributed by atoms with van der Waals surface area (Å²) in [6.45, 7) is 2.43. The van der Waals surface area contributed by atoms with Gasteiger partial charge in [0.05, 0.1) is 12.6 Å². The number of methoxy groups -OCH3 is 1. The number of aliphatic imine (C=N–C) groups is 1. The lowest BCUT2D eigenvalue weighted by molar-refractivity contribution is 0.185. The lowest BCUT2D eigenvalue weighted by atomic mass is 10.4. The summed E-state index contributed by atoms with van der Waals surface area (Å²) >= 11 is 0. The molecule has 0 aliphatic carbocycles. The van der Waals surface area contributed by atoms with Crippen LogP contribution in [0.3, 0.4) is 0 Å². The van der Waals surface area contributed by atoms with Crippen LogP contribution in [0.1, 0.15) is 6.92 Å². The molecule has 0 spiro atoms. The second kappa shape index (κ2) is 5.01. The molecule has 0 aromatic carbocycles. The molecule has 1 atom stereocenters. The molecule has 0 saturated carbocycles. The van der Waals surface area contributed by atoms with Gasteiger partial charge >= 0.3 is 0 Å². The third kappa shape index (κ3) is 4.11. The zero-order chi connectivity index (χ0) is 7.98. The molecule has 0 aliphatic heterocycles. The first-order chi connectivity index (χ1) is 4.70. The van der Waals surface area contributed by atoms with Gasteiger partial charge in [0, 0.05) is 7.11 Å². The third-order valence-electron chi connectivity index (χ3n) is 0.915. The Bertz CT molecular complexity index is 114. The van der Waals surface area contributed by atoms with E-state index in [2.05, 4.69) is 10.4 Å². The van der Waals surface area contributed by atoms with Crippen LogP contribution in [0.25, 0.3) is 0 Å². The molecule has 60 valence electrons. The first-order valence-corrected chi connectivity index (χ1v) is 2.99. The van der Waals surface area contributed by atoms with Gasteiger partial charge in [-0.1, -0.05) is 0 Å². The maximum atomic E-state index is 5.26. The van der Waals surface area contributed by atoms with Gasteiger partial charge in [0.1, 0.15) is 0 Å². The summed E-state index contributed by atoms with van der Waals surface area (Å²) in [5.74, 6) is 5.20. The Labute approximate surface area is 60.4 Å². The Hall–Kier alpha value is -0.810. The minimum atomic E-state index is 0.0426. The van der Waals surface area contributed by atoms with E-state index in [9.17, 15) is 0 Å². The number of nitrogens with zero attached hydrogens (tertiary/aromatic N) is 1. The minimum absolute atomic E-state index is 0.0426. The van der Waals surface area contributed by atoms with Crippen LogP contribution in [0, 0.1) is 0 Å². The van der Waals surface area contributed by atoms with Crippen LogP contribution in [0.4, 0.5) is 0 Å². The summed E-state index contributed by atoms with van der Waals surface area (Å²) in [5.41, 5.74) is 7.49. The molecular formula is C5H14N4O. The Morgan fingerprint density at radius 1 is 1.80 bits per heavy atom. The van der Waals surface area contributed by atoms with Crippen molar-refractivity contribution in [2.24, 2.45) is 16.6 Å². The summed E-state index contributed by atoms with van der Waals surface area (Å²) in [7, 11) is 1.61. The number of rotatable bonds is 3. The average Bonchev–Trinajstić information content (AvgIpc) is 1.88. The highest BCUT2D eigenvalue weighted by Gasteiger charge is 1.96. The van der Waals surface area contributed by atoms with Gasteiger partial charge in [-0.15, -0.1) is 0 Å². The second-order valence-electron chi connectivity index (χ2n) is 1.96. The molecule has 0 aliphatic rings. The predicted molar refractivity (Wildman–Crippen MR) is 40.3 cm³/mol. The molecule has 5 nitrogen and oxygen atoms in total. The van der Waals surface area contributed by atoms with Crippen molar-refractivity contribution in [1.29, 1.82) is 0 Å². The molecule has 5 heteroatoms. The summed E-state index contributed by atoms with van der Waals surface area (Å²) in [5, 5.41) is 0. The molecule has 0 heterocycles. The molecule has 1 unspecified atom stereocenters. The van der Waals surface area contributed by atoms with E-state index in [1.165, 1.54) is 0 Å². The zero-order valence-electron chi connectivity index (χ0n) is 6.29. The van der Waals surface area contributed by atoms with E-state index < -0.39 is 0 Å². The van der Waals surface area contributed by atoms with Crippen molar-refractivity contribution >= 4 is 5.96 Å². The van der Waals surface area contributed by atoms with Crippen LogP contribution < -0.4 is 17.0 Å². The van der Waals surface area contributed by atoms with E-state index in [4.69, 9.17) is 16.3 Å². The fourth-order valence-corrected chi connectivity index (χ4v) is 0.553. The number of hydrazine groups is 1. The van der Waals surface area contributed by atoms with Crippen molar-refractivity contribution < 1.29 is 4.74 Å². The highest BCUT2D eigenvalue weighted by molar-refractivity contribution is 5.77. The van der Waals surface area contributed by atoms with Crippen LogP contribution in [-0.4, -0.2) is 25.7 Å². The van der Waals surface area contributed by atoms with Crippen molar-refractivity contribution in [1.82, 2.24) is 5.43 Å². The fraction of sp³-hybridized carbons (Fsp3) is 0.800. The molecule has 0 aromatic heterocycles. The largest absolute Gasteiger partial charge is 0.382 e. The lowest BCUT2D eigenvalue weighted by Crippen LogP contribution is -2.38. The second-order valence-corrected chi connectivity index (χ2v) is 1.96. The van der Waals surface area contributed by atoms with E-state index >= 15 is 0 Å². The maximum Gasteiger partial charge on any atom is 0.203 e. The van der Waals surface area contributed by atoms with Gasteiger partial charge in [-0.3, -0.25) is 5.43 Å². The van der Waals surface area contributed by atoms with Crippen molar-refractivity contribution in [3.8, 4) is 0 Å². The van der Waals surface area contributed by atoms with E-state index in [1.54, 1.807) is 7.11 Å². The molecule has 0 rings (SSSR count). The number of ether oxygens (including phenoxy) is 1. The topological polar surface area (TPSA) is 85.7 Å². The predicted octanol–water partition coefficient (Wildman–Crippen LogP) is -1.20. The molecule has 10 heavy (non-hydrogen) atoms. The number of hydrogen-bond acceptors (Lipinski definition) is 3. The van der Waals surface area contributed by atoms with E-state index in [-0.39, 0.29) is 12.0 Å². The van der Waals surface area contributed by atoms with Crippen LogP contribution in [-0.2, 0) is 4.74 Å². The Morgan fingerprint density at radius 2 is 2.40 bits per heavy atom. The van der Waals surface area contributed by atoms with Crippen LogP contribution in [0.5, 0.6) is 0 Å². The monoisotopic (exact) mass is 146 g/mol. The Morgan fingerprint density at radius 3 is 2.80 bits per heavy atom. The van der Waals surface area contributed by atoms with Gasteiger partial charge in [0.15, 0.2) is 0 Å². The van der Waals surface area contributed by atoms with E-state index in [0.717, 1.165) is 0 Å². The quantitative estimate of drug-likeness (QED) is 0.202. The molecule has 0 aromatic rings. The molecular weight excluding hydrogens is 132 g/mol.